The summed E-state index contributed by atoms with van der Waals surface area (Å²) in [6, 6.07) is 1.46. The Bertz CT molecular complexity index is 648. The normalized spacial score (nSPS) is 19.6. The van der Waals surface area contributed by atoms with E-state index in [0.717, 1.165) is 19.3 Å². The molecule has 1 saturated heterocycles. The summed E-state index contributed by atoms with van der Waals surface area (Å²) in [6.45, 7) is 7.15. The number of amides is 1. The van der Waals surface area contributed by atoms with Crippen molar-refractivity contribution in [2.24, 2.45) is 5.41 Å². The fraction of sp³-hybridized carbons (Fsp3) is 0.667. The van der Waals surface area contributed by atoms with E-state index in [4.69, 9.17) is 4.42 Å². The maximum Gasteiger partial charge on any atom is 0.273 e. The lowest BCUT2D eigenvalue weighted by Crippen LogP contribution is -2.44. The van der Waals surface area contributed by atoms with Crippen LogP contribution in [0.3, 0.4) is 0 Å². The highest BCUT2D eigenvalue weighted by Gasteiger charge is 2.39. The Balaban J connectivity index is 2.25. The van der Waals surface area contributed by atoms with Crippen molar-refractivity contribution in [3.63, 3.8) is 0 Å². The van der Waals surface area contributed by atoms with Crippen LogP contribution in [0.2, 0.25) is 0 Å². The van der Waals surface area contributed by atoms with Gasteiger partial charge in [-0.2, -0.15) is 0 Å². The van der Waals surface area contributed by atoms with Crippen molar-refractivity contribution in [3.05, 3.63) is 17.9 Å². The quantitative estimate of drug-likeness (QED) is 0.899. The summed E-state index contributed by atoms with van der Waals surface area (Å²) in [5, 5.41) is -0.233. The van der Waals surface area contributed by atoms with E-state index in [0.29, 0.717) is 6.54 Å². The predicted molar refractivity (Wildman–Crippen MR) is 83.1 cm³/mol. The van der Waals surface area contributed by atoms with Crippen LogP contribution >= 0.6 is 0 Å². The van der Waals surface area contributed by atoms with Crippen LogP contribution in [-0.2, 0) is 10.0 Å². The fourth-order valence-corrected chi connectivity index (χ4v) is 3.55. The van der Waals surface area contributed by atoms with E-state index in [9.17, 15) is 13.2 Å². The van der Waals surface area contributed by atoms with Crippen LogP contribution in [0.25, 0.3) is 0 Å². The second-order valence-corrected chi connectivity index (χ2v) is 8.18. The van der Waals surface area contributed by atoms with Gasteiger partial charge in [-0.1, -0.05) is 20.8 Å². The zero-order valence-electron chi connectivity index (χ0n) is 13.5. The Kier molecular flexibility index (Phi) is 4.67. The van der Waals surface area contributed by atoms with E-state index >= 15 is 0 Å². The predicted octanol–water partition coefficient (Wildman–Crippen LogP) is 2.23. The van der Waals surface area contributed by atoms with Crippen molar-refractivity contribution < 1.29 is 17.6 Å². The van der Waals surface area contributed by atoms with Crippen LogP contribution in [0, 0.1) is 5.41 Å². The molecule has 1 aliphatic heterocycles. The average Bonchev–Trinajstić information content (AvgIpc) is 3.15. The van der Waals surface area contributed by atoms with Gasteiger partial charge in [-0.25, -0.2) is 13.1 Å². The molecule has 124 valence electrons. The molecule has 6 nitrogen and oxygen atoms in total. The topological polar surface area (TPSA) is 79.6 Å². The van der Waals surface area contributed by atoms with Gasteiger partial charge in [0.25, 0.3) is 15.9 Å². The summed E-state index contributed by atoms with van der Waals surface area (Å²) in [7, 11) is -2.36. The molecule has 1 aliphatic rings. The molecule has 0 spiro atoms. The first-order valence-electron chi connectivity index (χ1n) is 7.56. The van der Waals surface area contributed by atoms with Crippen molar-refractivity contribution in [2.45, 2.75) is 51.2 Å². The van der Waals surface area contributed by atoms with E-state index in [1.54, 1.807) is 0 Å². The zero-order valence-corrected chi connectivity index (χ0v) is 14.4. The van der Waals surface area contributed by atoms with Crippen molar-refractivity contribution in [3.8, 4) is 0 Å². The molecular weight excluding hydrogens is 304 g/mol. The summed E-state index contributed by atoms with van der Waals surface area (Å²) in [5.41, 5.74) is 0.322. The number of sulfonamides is 1. The number of nitrogens with zero attached hydrogens (tertiary/aromatic N) is 1. The third-order valence-corrected chi connectivity index (χ3v) is 5.96. The molecule has 1 N–H and O–H groups in total. The number of furan rings is 1. The van der Waals surface area contributed by atoms with Gasteiger partial charge in [0, 0.05) is 18.7 Å². The van der Waals surface area contributed by atoms with Gasteiger partial charge >= 0.3 is 0 Å². The first-order valence-corrected chi connectivity index (χ1v) is 9.04. The lowest BCUT2D eigenvalue weighted by atomic mass is 9.80. The number of carbonyl (C=O) groups excluding carboxylic acids is 1. The lowest BCUT2D eigenvalue weighted by molar-refractivity contribution is 0.0595. The molecule has 1 aromatic rings. The van der Waals surface area contributed by atoms with Crippen molar-refractivity contribution in [1.29, 1.82) is 0 Å². The monoisotopic (exact) mass is 328 g/mol. The number of rotatable bonds is 5. The standard InChI is InChI=1S/C15H24N2O4S/c1-5-15(2,3)12-7-6-8-17(12)14(18)11-9-13(21-10-11)22(19,20)16-4/h9-10,12,16H,5-8H2,1-4H3/t12-/m0/s1. The van der Waals surface area contributed by atoms with Crippen LogP contribution in [0.15, 0.2) is 21.8 Å². The average molecular weight is 328 g/mol. The number of carbonyl (C=O) groups is 1. The summed E-state index contributed by atoms with van der Waals surface area (Å²) in [5.74, 6) is -0.162. The van der Waals surface area contributed by atoms with E-state index in [1.807, 2.05) is 4.90 Å². The van der Waals surface area contributed by atoms with Gasteiger partial charge in [-0.3, -0.25) is 4.79 Å². The summed E-state index contributed by atoms with van der Waals surface area (Å²) >= 11 is 0. The van der Waals surface area contributed by atoms with Crippen molar-refractivity contribution >= 4 is 15.9 Å². The first kappa shape index (κ1) is 17.0. The molecule has 0 aliphatic carbocycles. The van der Waals surface area contributed by atoms with Crippen LogP contribution in [0.1, 0.15) is 50.4 Å². The minimum absolute atomic E-state index is 0.0375. The maximum absolute atomic E-state index is 12.7. The Hall–Kier alpha value is -1.34. The van der Waals surface area contributed by atoms with Crippen LogP contribution in [0.5, 0.6) is 0 Å². The molecule has 1 atom stereocenters. The van der Waals surface area contributed by atoms with Gasteiger partial charge in [0.15, 0.2) is 0 Å². The Morgan fingerprint density at radius 1 is 1.50 bits per heavy atom. The van der Waals surface area contributed by atoms with E-state index in [-0.39, 0.29) is 28.0 Å². The fourth-order valence-electron chi connectivity index (χ4n) is 2.89. The van der Waals surface area contributed by atoms with Gasteiger partial charge < -0.3 is 9.32 Å². The highest BCUT2D eigenvalue weighted by molar-refractivity contribution is 7.89. The number of nitrogens with one attached hydrogen (secondary N) is 1. The summed E-state index contributed by atoms with van der Waals surface area (Å²) in [4.78, 5) is 14.6. The molecule has 1 amide bonds. The van der Waals surface area contributed by atoms with Gasteiger partial charge in [-0.05, 0) is 31.7 Å². The summed E-state index contributed by atoms with van der Waals surface area (Å²) < 4.78 is 30.6. The van der Waals surface area contributed by atoms with Crippen LogP contribution in [0.4, 0.5) is 0 Å². The van der Waals surface area contributed by atoms with Gasteiger partial charge in [0.05, 0.1) is 5.56 Å². The maximum atomic E-state index is 12.7. The lowest BCUT2D eigenvalue weighted by Gasteiger charge is -2.37. The summed E-state index contributed by atoms with van der Waals surface area (Å²) in [6.07, 6.45) is 4.15. The molecule has 0 unspecified atom stereocenters. The molecule has 1 fully saturated rings. The van der Waals surface area contributed by atoms with Crippen LogP contribution < -0.4 is 4.72 Å². The zero-order chi connectivity index (χ0) is 16.5. The van der Waals surface area contributed by atoms with E-state index < -0.39 is 10.0 Å². The Labute approximate surface area is 131 Å². The van der Waals surface area contributed by atoms with E-state index in [1.165, 1.54) is 19.4 Å². The highest BCUT2D eigenvalue weighted by atomic mass is 32.2. The molecule has 2 heterocycles. The highest BCUT2D eigenvalue weighted by Crippen LogP contribution is 2.36. The molecule has 22 heavy (non-hydrogen) atoms. The molecule has 0 aromatic carbocycles. The molecule has 0 radical (unpaired) electrons. The van der Waals surface area contributed by atoms with Gasteiger partial charge in [-0.15, -0.1) is 0 Å². The first-order chi connectivity index (χ1) is 10.2. The Morgan fingerprint density at radius 2 is 2.18 bits per heavy atom. The SMILES string of the molecule is CCC(C)(C)[C@@H]1CCCN1C(=O)c1coc(S(=O)(=O)NC)c1. The largest absolute Gasteiger partial charge is 0.451 e. The van der Waals surface area contributed by atoms with E-state index in [2.05, 4.69) is 25.5 Å². The molecule has 0 saturated carbocycles. The van der Waals surface area contributed by atoms with Gasteiger partial charge in [0.1, 0.15) is 6.26 Å². The second-order valence-electron chi connectivity index (χ2n) is 6.36. The molecule has 7 heteroatoms. The molecular formula is C15H24N2O4S. The second kappa shape index (κ2) is 6.04. The van der Waals surface area contributed by atoms with Crippen molar-refractivity contribution in [1.82, 2.24) is 9.62 Å². The smallest absolute Gasteiger partial charge is 0.273 e. The van der Waals surface area contributed by atoms with Crippen LogP contribution in [-0.4, -0.2) is 38.9 Å². The Morgan fingerprint density at radius 3 is 2.77 bits per heavy atom. The number of likely N-dealkylation sites (tertiary alicyclic amines) is 1. The van der Waals surface area contributed by atoms with Crippen molar-refractivity contribution in [2.75, 3.05) is 13.6 Å². The minimum atomic E-state index is -3.67. The molecule has 1 aromatic heterocycles. The third kappa shape index (κ3) is 3.05. The third-order valence-electron chi connectivity index (χ3n) is 4.68. The minimum Gasteiger partial charge on any atom is -0.451 e. The number of hydrogen-bond acceptors (Lipinski definition) is 4. The molecule has 2 rings (SSSR count). The van der Waals surface area contributed by atoms with Gasteiger partial charge in [0.2, 0.25) is 5.09 Å². The number of hydrogen-bond donors (Lipinski definition) is 1. The molecule has 0 bridgehead atoms.